The van der Waals surface area contributed by atoms with Crippen LogP contribution in [0.4, 0.5) is 13.2 Å². The maximum absolute atomic E-state index is 13.6. The number of alkyl halides is 3. The van der Waals surface area contributed by atoms with E-state index in [1.807, 2.05) is 0 Å². The second-order valence-electron chi connectivity index (χ2n) is 9.23. The van der Waals surface area contributed by atoms with E-state index in [2.05, 4.69) is 4.74 Å². The number of carbonyl (C=O) groups excluding carboxylic acids is 2. The van der Waals surface area contributed by atoms with Gasteiger partial charge in [0.05, 0.1) is 20.6 Å². The molecule has 0 aromatic heterocycles. The molecule has 9 nitrogen and oxygen atoms in total. The zero-order valence-corrected chi connectivity index (χ0v) is 21.1. The van der Waals surface area contributed by atoms with Crippen molar-refractivity contribution in [1.29, 1.82) is 0 Å². The first-order valence-electron chi connectivity index (χ1n) is 11.3. The van der Waals surface area contributed by atoms with Gasteiger partial charge in [0.15, 0.2) is 16.4 Å². The summed E-state index contributed by atoms with van der Waals surface area (Å²) in [7, 11) is -4.29. The first kappa shape index (κ1) is 27.7. The van der Waals surface area contributed by atoms with Gasteiger partial charge in [-0.1, -0.05) is 23.7 Å². The number of aliphatic carboxylic acids is 1. The summed E-state index contributed by atoms with van der Waals surface area (Å²) in [4.78, 5) is 37.6. The van der Waals surface area contributed by atoms with Gasteiger partial charge in [0.25, 0.3) is 0 Å². The number of hydrogen-bond donors (Lipinski definition) is 2. The largest absolute Gasteiger partial charge is 0.484 e. The Balaban J connectivity index is 1.57. The number of nitrogens with two attached hydrogens (primary N) is 1. The number of sulfone groups is 1. The van der Waals surface area contributed by atoms with Gasteiger partial charge in [-0.15, -0.1) is 0 Å². The van der Waals surface area contributed by atoms with Gasteiger partial charge in [-0.05, 0) is 49.1 Å². The first-order chi connectivity index (χ1) is 17.7. The van der Waals surface area contributed by atoms with Gasteiger partial charge in [-0.3, -0.25) is 9.59 Å². The molecule has 2 fully saturated rings. The molecule has 2 aromatic rings. The number of nitrogens with zero attached hydrogens (tertiary/aromatic N) is 1. The van der Waals surface area contributed by atoms with Gasteiger partial charge in [0, 0.05) is 18.2 Å². The van der Waals surface area contributed by atoms with E-state index in [1.165, 1.54) is 12.1 Å². The van der Waals surface area contributed by atoms with Crippen LogP contribution >= 0.6 is 11.6 Å². The Morgan fingerprint density at radius 2 is 1.76 bits per heavy atom. The predicted octanol–water partition coefficient (Wildman–Crippen LogP) is 2.94. The van der Waals surface area contributed by atoms with E-state index in [-0.39, 0.29) is 11.3 Å². The van der Waals surface area contributed by atoms with Crippen molar-refractivity contribution in [3.8, 4) is 5.75 Å². The van der Waals surface area contributed by atoms with E-state index < -0.39 is 80.0 Å². The maximum atomic E-state index is 13.6. The number of carboxylic acids is 1. The fraction of sp³-hybridized carbons (Fsp3) is 0.375. The Bertz CT molecular complexity index is 1390. The van der Waals surface area contributed by atoms with E-state index in [4.69, 9.17) is 17.3 Å². The normalized spacial score (nSPS) is 20.7. The predicted molar refractivity (Wildman–Crippen MR) is 128 cm³/mol. The van der Waals surface area contributed by atoms with Crippen LogP contribution in [0.25, 0.3) is 0 Å². The average Bonchev–Trinajstić information content (AvgIpc) is 3.52. The highest BCUT2D eigenvalue weighted by molar-refractivity contribution is 7.92. The summed E-state index contributed by atoms with van der Waals surface area (Å²) in [6.45, 7) is -2.01. The molecule has 1 saturated heterocycles. The highest BCUT2D eigenvalue weighted by atomic mass is 35.5. The Morgan fingerprint density at radius 1 is 1.13 bits per heavy atom. The third kappa shape index (κ3) is 5.30. The number of likely N-dealkylation sites (tertiary alicyclic amines) is 1. The Labute approximate surface area is 220 Å². The quantitative estimate of drug-likeness (QED) is 0.493. The number of benzene rings is 2. The summed E-state index contributed by atoms with van der Waals surface area (Å²) in [5.74, 6) is -2.87. The highest BCUT2D eigenvalue weighted by Gasteiger charge is 2.57. The summed E-state index contributed by atoms with van der Waals surface area (Å²) in [6.07, 6.45) is -4.19. The van der Waals surface area contributed by atoms with Crippen LogP contribution in [0.1, 0.15) is 35.2 Å². The molecular formula is C24H22ClF3N2O7S. The van der Waals surface area contributed by atoms with Crippen LogP contribution in [0.2, 0.25) is 5.02 Å². The number of rotatable bonds is 8. The van der Waals surface area contributed by atoms with Crippen LogP contribution in [0.5, 0.6) is 5.75 Å². The first-order valence-corrected chi connectivity index (χ1v) is 13.3. The molecule has 1 aliphatic heterocycles. The molecule has 2 aliphatic rings. The molecule has 3 N–H and O–H groups in total. The molecule has 4 rings (SSSR count). The van der Waals surface area contributed by atoms with Crippen molar-refractivity contribution in [1.82, 2.24) is 4.90 Å². The molecule has 0 spiro atoms. The van der Waals surface area contributed by atoms with Gasteiger partial charge in [-0.25, -0.2) is 13.2 Å². The summed E-state index contributed by atoms with van der Waals surface area (Å²) < 4.78 is 68.6. The Hall–Kier alpha value is -3.32. The lowest BCUT2D eigenvalue weighted by atomic mass is 9.93. The molecule has 1 saturated carbocycles. The van der Waals surface area contributed by atoms with Crippen LogP contribution < -0.4 is 10.5 Å². The standard InChI is InChI=1S/C24H22ClF3N2O7S/c25-17-9-15(37-12-24(26,27)28)5-6-19(17)38(35,36)16-10-18(21(32)33)30(11-16)22(34)23(7-8-23)14-3-1-13(2-4-14)20(29)31/h1-6,9,16,18H,7-8,10-12H2,(H2,29,31)(H,32,33)/t16-,18+/m1/s1. The second kappa shape index (κ2) is 9.77. The number of carbonyl (C=O) groups is 3. The molecule has 2 atom stereocenters. The summed E-state index contributed by atoms with van der Waals surface area (Å²) in [5, 5.41) is 8.07. The number of hydrogen-bond acceptors (Lipinski definition) is 6. The van der Waals surface area contributed by atoms with Crippen molar-refractivity contribution in [3.63, 3.8) is 0 Å². The molecule has 204 valence electrons. The van der Waals surface area contributed by atoms with Crippen molar-refractivity contribution in [3.05, 3.63) is 58.6 Å². The lowest BCUT2D eigenvalue weighted by Crippen LogP contribution is -2.46. The Kier molecular flexibility index (Phi) is 7.12. The third-order valence-corrected chi connectivity index (χ3v) is 9.35. The van der Waals surface area contributed by atoms with E-state index >= 15 is 0 Å². The second-order valence-corrected chi connectivity index (χ2v) is 11.8. The van der Waals surface area contributed by atoms with Crippen LogP contribution in [0, 0.1) is 0 Å². The summed E-state index contributed by atoms with van der Waals surface area (Å²) in [6, 6.07) is 7.57. The van der Waals surface area contributed by atoms with Crippen molar-refractivity contribution < 1.29 is 45.8 Å². The summed E-state index contributed by atoms with van der Waals surface area (Å²) >= 11 is 6.07. The number of ether oxygens (including phenoxy) is 1. The Morgan fingerprint density at radius 3 is 2.26 bits per heavy atom. The number of amides is 2. The minimum atomic E-state index is -4.61. The highest BCUT2D eigenvalue weighted by Crippen LogP contribution is 2.51. The maximum Gasteiger partial charge on any atom is 0.422 e. The average molecular weight is 575 g/mol. The van der Waals surface area contributed by atoms with E-state index in [9.17, 15) is 41.1 Å². The van der Waals surface area contributed by atoms with Gasteiger partial charge < -0.3 is 20.5 Å². The zero-order chi connectivity index (χ0) is 28.0. The van der Waals surface area contributed by atoms with Crippen LogP contribution in [0.15, 0.2) is 47.4 Å². The number of carboxylic acid groups (broad SMARTS) is 1. The zero-order valence-electron chi connectivity index (χ0n) is 19.6. The molecular weight excluding hydrogens is 553 g/mol. The lowest BCUT2D eigenvalue weighted by molar-refractivity contribution is -0.153. The third-order valence-electron chi connectivity index (χ3n) is 6.74. The molecule has 1 heterocycles. The van der Waals surface area contributed by atoms with Crippen molar-refractivity contribution in [2.24, 2.45) is 5.73 Å². The van der Waals surface area contributed by atoms with Crippen LogP contribution in [-0.2, 0) is 24.8 Å². The van der Waals surface area contributed by atoms with Crippen LogP contribution in [0.3, 0.4) is 0 Å². The number of primary amides is 1. The van der Waals surface area contributed by atoms with Crippen molar-refractivity contribution >= 4 is 39.2 Å². The monoisotopic (exact) mass is 574 g/mol. The van der Waals surface area contributed by atoms with Crippen molar-refractivity contribution in [2.45, 2.75) is 47.0 Å². The molecule has 38 heavy (non-hydrogen) atoms. The fourth-order valence-electron chi connectivity index (χ4n) is 4.61. The van der Waals surface area contributed by atoms with Crippen LogP contribution in [-0.4, -0.2) is 66.8 Å². The minimum Gasteiger partial charge on any atom is -0.484 e. The SMILES string of the molecule is NC(=O)c1ccc(C2(C(=O)N3C[C@H](S(=O)(=O)c4ccc(OCC(F)(F)F)cc4Cl)C[C@H]3C(=O)O)CC2)cc1. The van der Waals surface area contributed by atoms with E-state index in [1.54, 1.807) is 12.1 Å². The van der Waals surface area contributed by atoms with E-state index in [0.29, 0.717) is 18.4 Å². The topological polar surface area (TPSA) is 144 Å². The fourth-order valence-corrected chi connectivity index (χ4v) is 6.84. The minimum absolute atomic E-state index is 0.236. The summed E-state index contributed by atoms with van der Waals surface area (Å²) in [5.41, 5.74) is 5.00. The molecule has 0 bridgehead atoms. The smallest absolute Gasteiger partial charge is 0.422 e. The lowest BCUT2D eigenvalue weighted by Gasteiger charge is -2.27. The molecule has 14 heteroatoms. The molecule has 0 radical (unpaired) electrons. The molecule has 2 amide bonds. The van der Waals surface area contributed by atoms with E-state index in [0.717, 1.165) is 23.1 Å². The van der Waals surface area contributed by atoms with Crippen molar-refractivity contribution in [2.75, 3.05) is 13.2 Å². The van der Waals surface area contributed by atoms with Gasteiger partial charge in [0.2, 0.25) is 11.8 Å². The number of halogens is 4. The van der Waals surface area contributed by atoms with Gasteiger partial charge in [0.1, 0.15) is 11.8 Å². The molecule has 2 aromatic carbocycles. The molecule has 1 aliphatic carbocycles. The van der Waals surface area contributed by atoms with Gasteiger partial charge in [-0.2, -0.15) is 13.2 Å². The van der Waals surface area contributed by atoms with Gasteiger partial charge >= 0.3 is 12.1 Å². The molecule has 0 unspecified atom stereocenters.